The SMILES string of the molecule is CCOP(=O)(CC(=O)Oc1ccc(C)cc1Cl)OCC. The third-order valence-corrected chi connectivity index (χ3v) is 4.53. The molecule has 5 nitrogen and oxygen atoms in total. The summed E-state index contributed by atoms with van der Waals surface area (Å²) in [7, 11) is -3.45. The molecule has 0 aliphatic rings. The van der Waals surface area contributed by atoms with E-state index in [-0.39, 0.29) is 19.0 Å². The summed E-state index contributed by atoms with van der Waals surface area (Å²) >= 11 is 5.96. The van der Waals surface area contributed by atoms with E-state index in [1.54, 1.807) is 32.0 Å². The number of carbonyl (C=O) groups is 1. The second-order valence-electron chi connectivity index (χ2n) is 4.01. The van der Waals surface area contributed by atoms with E-state index in [0.29, 0.717) is 5.02 Å². The molecule has 0 radical (unpaired) electrons. The minimum absolute atomic E-state index is 0.190. The summed E-state index contributed by atoms with van der Waals surface area (Å²) in [6.45, 7) is 5.60. The summed E-state index contributed by atoms with van der Waals surface area (Å²) in [5, 5.41) is 0.320. The van der Waals surface area contributed by atoms with Crippen molar-refractivity contribution in [3.05, 3.63) is 28.8 Å². The molecule has 7 heteroatoms. The molecule has 0 spiro atoms. The number of benzene rings is 1. The quantitative estimate of drug-likeness (QED) is 0.434. The van der Waals surface area contributed by atoms with Crippen molar-refractivity contribution < 1.29 is 23.1 Å². The molecule has 0 heterocycles. The van der Waals surface area contributed by atoms with E-state index in [9.17, 15) is 9.36 Å². The molecule has 0 saturated heterocycles. The Bertz CT molecular complexity index is 507. The molecule has 0 aliphatic heterocycles. The summed E-state index contributed by atoms with van der Waals surface area (Å²) in [6, 6.07) is 5.02. The molecular weight excluding hydrogens is 303 g/mol. The lowest BCUT2D eigenvalue weighted by atomic mass is 10.2. The van der Waals surface area contributed by atoms with Crippen molar-refractivity contribution in [2.45, 2.75) is 20.8 Å². The van der Waals surface area contributed by atoms with Gasteiger partial charge in [0, 0.05) is 0 Å². The molecule has 0 aromatic heterocycles. The Hall–Kier alpha value is -0.870. The van der Waals surface area contributed by atoms with Gasteiger partial charge in [-0.3, -0.25) is 9.36 Å². The highest BCUT2D eigenvalue weighted by atomic mass is 35.5. The van der Waals surface area contributed by atoms with Crippen LogP contribution in [0.15, 0.2) is 18.2 Å². The van der Waals surface area contributed by atoms with E-state index in [1.165, 1.54) is 0 Å². The highest BCUT2D eigenvalue weighted by molar-refractivity contribution is 7.54. The van der Waals surface area contributed by atoms with Crippen LogP contribution in [0.2, 0.25) is 5.02 Å². The topological polar surface area (TPSA) is 61.8 Å². The maximum absolute atomic E-state index is 12.2. The predicted molar refractivity (Wildman–Crippen MR) is 77.5 cm³/mol. The lowest BCUT2D eigenvalue weighted by Gasteiger charge is -2.16. The lowest BCUT2D eigenvalue weighted by Crippen LogP contribution is -2.16. The number of hydrogen-bond donors (Lipinski definition) is 0. The number of halogens is 1. The molecule has 0 unspecified atom stereocenters. The predicted octanol–water partition coefficient (Wildman–Crippen LogP) is 3.82. The Morgan fingerprint density at radius 1 is 1.25 bits per heavy atom. The molecule has 0 fully saturated rings. The summed E-state index contributed by atoms with van der Waals surface area (Å²) in [6.07, 6.45) is -0.446. The third-order valence-electron chi connectivity index (χ3n) is 2.29. The van der Waals surface area contributed by atoms with Crippen molar-refractivity contribution in [2.24, 2.45) is 0 Å². The molecule has 20 heavy (non-hydrogen) atoms. The Labute approximate surface area is 123 Å². The minimum atomic E-state index is -3.45. The van der Waals surface area contributed by atoms with E-state index in [0.717, 1.165) is 5.56 Å². The van der Waals surface area contributed by atoms with Gasteiger partial charge in [-0.15, -0.1) is 0 Å². The number of hydrogen-bond acceptors (Lipinski definition) is 5. The minimum Gasteiger partial charge on any atom is -0.424 e. The van der Waals surface area contributed by atoms with E-state index < -0.39 is 19.7 Å². The summed E-state index contributed by atoms with van der Waals surface area (Å²) in [4.78, 5) is 11.8. The molecule has 0 bridgehead atoms. The molecular formula is C13H18ClO5P. The highest BCUT2D eigenvalue weighted by Crippen LogP contribution is 2.47. The lowest BCUT2D eigenvalue weighted by molar-refractivity contribution is -0.131. The molecule has 0 amide bonds. The second kappa shape index (κ2) is 7.79. The van der Waals surface area contributed by atoms with Gasteiger partial charge in [0.15, 0.2) is 0 Å². The van der Waals surface area contributed by atoms with Gasteiger partial charge in [-0.1, -0.05) is 17.7 Å². The van der Waals surface area contributed by atoms with E-state index in [2.05, 4.69) is 0 Å². The number of aryl methyl sites for hydroxylation is 1. The number of ether oxygens (including phenoxy) is 1. The monoisotopic (exact) mass is 320 g/mol. The van der Waals surface area contributed by atoms with E-state index >= 15 is 0 Å². The average molecular weight is 321 g/mol. The van der Waals surface area contributed by atoms with Crippen molar-refractivity contribution in [3.8, 4) is 5.75 Å². The van der Waals surface area contributed by atoms with Gasteiger partial charge >= 0.3 is 13.6 Å². The van der Waals surface area contributed by atoms with Crippen LogP contribution in [0.25, 0.3) is 0 Å². The smallest absolute Gasteiger partial charge is 0.341 e. The maximum Gasteiger partial charge on any atom is 0.341 e. The molecule has 0 N–H and O–H groups in total. The van der Waals surface area contributed by atoms with Gasteiger partial charge in [0.05, 0.1) is 18.2 Å². The van der Waals surface area contributed by atoms with E-state index in [4.69, 9.17) is 25.4 Å². The first-order valence-electron chi connectivity index (χ1n) is 6.25. The molecule has 0 atom stereocenters. The average Bonchev–Trinajstić information content (AvgIpc) is 2.33. The Balaban J connectivity index is 2.73. The normalized spacial score (nSPS) is 11.4. The zero-order valence-corrected chi connectivity index (χ0v) is 13.4. The van der Waals surface area contributed by atoms with Gasteiger partial charge in [0.1, 0.15) is 11.9 Å². The van der Waals surface area contributed by atoms with Gasteiger partial charge in [-0.2, -0.15) is 0 Å². The Morgan fingerprint density at radius 2 is 1.85 bits per heavy atom. The molecule has 112 valence electrons. The first-order chi connectivity index (χ1) is 9.40. The largest absolute Gasteiger partial charge is 0.424 e. The van der Waals surface area contributed by atoms with Crippen LogP contribution in [-0.2, 0) is 18.4 Å². The van der Waals surface area contributed by atoms with Crippen molar-refractivity contribution in [2.75, 3.05) is 19.4 Å². The highest BCUT2D eigenvalue weighted by Gasteiger charge is 2.29. The van der Waals surface area contributed by atoms with Gasteiger partial charge < -0.3 is 13.8 Å². The number of rotatable bonds is 7. The summed E-state index contributed by atoms with van der Waals surface area (Å²) < 4.78 is 27.3. The van der Waals surface area contributed by atoms with Crippen LogP contribution in [0, 0.1) is 6.92 Å². The van der Waals surface area contributed by atoms with Crippen molar-refractivity contribution >= 4 is 25.2 Å². The fraction of sp³-hybridized carbons (Fsp3) is 0.462. The number of carbonyl (C=O) groups excluding carboxylic acids is 1. The zero-order chi connectivity index (χ0) is 15.2. The standard InChI is InChI=1S/C13H18ClO5P/c1-4-17-20(16,18-5-2)9-13(15)19-12-7-6-10(3)8-11(12)14/h6-8H,4-5,9H2,1-3H3. The first kappa shape index (κ1) is 17.2. The second-order valence-corrected chi connectivity index (χ2v) is 6.47. The number of esters is 1. The van der Waals surface area contributed by atoms with Crippen LogP contribution >= 0.6 is 19.2 Å². The van der Waals surface area contributed by atoms with Crippen molar-refractivity contribution in [1.29, 1.82) is 0 Å². The fourth-order valence-corrected chi connectivity index (χ4v) is 3.22. The Kier molecular flexibility index (Phi) is 6.69. The van der Waals surface area contributed by atoms with Crippen LogP contribution in [0.5, 0.6) is 5.75 Å². The summed E-state index contributed by atoms with van der Waals surface area (Å²) in [5.41, 5.74) is 0.948. The molecule has 0 saturated carbocycles. The van der Waals surface area contributed by atoms with Crippen LogP contribution in [-0.4, -0.2) is 25.3 Å². The van der Waals surface area contributed by atoms with Crippen molar-refractivity contribution in [1.82, 2.24) is 0 Å². The van der Waals surface area contributed by atoms with Crippen LogP contribution in [0.3, 0.4) is 0 Å². The first-order valence-corrected chi connectivity index (χ1v) is 8.35. The van der Waals surface area contributed by atoms with Gasteiger partial charge in [0.25, 0.3) is 0 Å². The molecule has 1 rings (SSSR count). The third kappa shape index (κ3) is 5.25. The van der Waals surface area contributed by atoms with Crippen LogP contribution in [0.4, 0.5) is 0 Å². The van der Waals surface area contributed by atoms with E-state index in [1.807, 2.05) is 6.92 Å². The molecule has 1 aromatic carbocycles. The van der Waals surface area contributed by atoms with Gasteiger partial charge in [-0.25, -0.2) is 0 Å². The fourth-order valence-electron chi connectivity index (χ4n) is 1.52. The zero-order valence-electron chi connectivity index (χ0n) is 11.7. The maximum atomic E-state index is 12.2. The van der Waals surface area contributed by atoms with Crippen LogP contribution in [0.1, 0.15) is 19.4 Å². The van der Waals surface area contributed by atoms with Gasteiger partial charge in [0.2, 0.25) is 0 Å². The Morgan fingerprint density at radius 3 is 2.35 bits per heavy atom. The molecule has 1 aromatic rings. The summed E-state index contributed by atoms with van der Waals surface area (Å²) in [5.74, 6) is -0.484. The molecule has 0 aliphatic carbocycles. The van der Waals surface area contributed by atoms with Gasteiger partial charge in [-0.05, 0) is 38.5 Å². The van der Waals surface area contributed by atoms with Crippen molar-refractivity contribution in [3.63, 3.8) is 0 Å². The van der Waals surface area contributed by atoms with Crippen LogP contribution < -0.4 is 4.74 Å².